The quantitative estimate of drug-likeness (QED) is 0.617. The highest BCUT2D eigenvalue weighted by atomic mass is 19.1. The molecular weight excluding hydrogens is 351 g/mol. The lowest BCUT2D eigenvalue weighted by Crippen LogP contribution is -2.15. The Morgan fingerprint density at radius 1 is 1.19 bits per heavy atom. The molecule has 0 aliphatic carbocycles. The van der Waals surface area contributed by atoms with Crippen LogP contribution in [0.25, 0.3) is 11.3 Å². The van der Waals surface area contributed by atoms with Crippen LogP contribution >= 0.6 is 0 Å². The Hall–Kier alpha value is -3.66. The van der Waals surface area contributed by atoms with Gasteiger partial charge in [-0.15, -0.1) is 0 Å². The van der Waals surface area contributed by atoms with Crippen molar-refractivity contribution in [2.45, 2.75) is 13.5 Å². The van der Waals surface area contributed by atoms with E-state index < -0.39 is 5.97 Å². The molecule has 0 saturated heterocycles. The first kappa shape index (κ1) is 18.1. The average Bonchev–Trinajstić information content (AvgIpc) is 3.06. The first-order chi connectivity index (χ1) is 13.1. The molecule has 6 nitrogen and oxygen atoms in total. The van der Waals surface area contributed by atoms with Gasteiger partial charge in [0.05, 0.1) is 11.6 Å². The lowest BCUT2D eigenvalue weighted by Gasteiger charge is -2.06. The van der Waals surface area contributed by atoms with Crippen molar-refractivity contribution in [1.82, 2.24) is 5.16 Å². The molecule has 0 saturated carbocycles. The summed E-state index contributed by atoms with van der Waals surface area (Å²) in [6.07, 6.45) is 0. The highest BCUT2D eigenvalue weighted by Gasteiger charge is 2.15. The largest absolute Gasteiger partial charge is 0.482 e. The minimum Gasteiger partial charge on any atom is -0.482 e. The van der Waals surface area contributed by atoms with Crippen LogP contribution in [0.4, 0.5) is 4.39 Å². The van der Waals surface area contributed by atoms with Crippen molar-refractivity contribution >= 4 is 5.97 Å². The summed E-state index contributed by atoms with van der Waals surface area (Å²) in [6, 6.07) is 14.2. The third-order valence-corrected chi connectivity index (χ3v) is 3.84. The fourth-order valence-electron chi connectivity index (χ4n) is 2.33. The van der Waals surface area contributed by atoms with Crippen LogP contribution < -0.4 is 4.74 Å². The van der Waals surface area contributed by atoms with Gasteiger partial charge in [0.2, 0.25) is 0 Å². The Labute approximate surface area is 154 Å². The average molecular weight is 366 g/mol. The molecule has 0 fully saturated rings. The Bertz CT molecular complexity index is 973. The summed E-state index contributed by atoms with van der Waals surface area (Å²) in [6.45, 7) is 1.45. The standard InChI is InChI=1S/C20H15FN2O4/c1-13-18(23-27-20(13)15-4-6-16(21)7-5-15)11-26-19(24)12-25-17-8-2-14(10-22)3-9-17/h2-9H,11-12H2,1H3. The van der Waals surface area contributed by atoms with Gasteiger partial charge >= 0.3 is 5.97 Å². The van der Waals surface area contributed by atoms with Crippen molar-refractivity contribution in [3.05, 3.63) is 71.2 Å². The molecule has 0 N–H and O–H groups in total. The third kappa shape index (κ3) is 4.50. The van der Waals surface area contributed by atoms with Gasteiger partial charge in [-0.05, 0) is 55.5 Å². The highest BCUT2D eigenvalue weighted by molar-refractivity contribution is 5.71. The van der Waals surface area contributed by atoms with Crippen molar-refractivity contribution in [2.24, 2.45) is 0 Å². The Kier molecular flexibility index (Phi) is 5.47. The fourth-order valence-corrected chi connectivity index (χ4v) is 2.33. The maximum Gasteiger partial charge on any atom is 0.344 e. The van der Waals surface area contributed by atoms with E-state index in [1.54, 1.807) is 43.3 Å². The molecule has 2 aromatic carbocycles. The highest BCUT2D eigenvalue weighted by Crippen LogP contribution is 2.26. The second-order valence-corrected chi connectivity index (χ2v) is 5.68. The summed E-state index contributed by atoms with van der Waals surface area (Å²) in [5.74, 6) is 0.0504. The number of halogens is 1. The second kappa shape index (κ2) is 8.15. The molecule has 3 aromatic rings. The zero-order chi connectivity index (χ0) is 19.2. The van der Waals surface area contributed by atoms with Gasteiger partial charge in [0.1, 0.15) is 23.9 Å². The normalized spacial score (nSPS) is 10.3. The molecule has 1 heterocycles. The summed E-state index contributed by atoms with van der Waals surface area (Å²) in [5.41, 5.74) is 2.37. The molecule has 0 atom stereocenters. The van der Waals surface area contributed by atoms with Gasteiger partial charge in [0, 0.05) is 11.1 Å². The van der Waals surface area contributed by atoms with Gasteiger partial charge in [-0.25, -0.2) is 9.18 Å². The maximum atomic E-state index is 13.0. The van der Waals surface area contributed by atoms with Gasteiger partial charge in [0.15, 0.2) is 12.4 Å². The summed E-state index contributed by atoms with van der Waals surface area (Å²) in [4.78, 5) is 11.8. The minimum atomic E-state index is -0.565. The lowest BCUT2D eigenvalue weighted by molar-refractivity contribution is -0.147. The van der Waals surface area contributed by atoms with Crippen LogP contribution in [0.5, 0.6) is 5.75 Å². The van der Waals surface area contributed by atoms with Crippen LogP contribution in [-0.2, 0) is 16.1 Å². The van der Waals surface area contributed by atoms with E-state index in [0.29, 0.717) is 33.9 Å². The van der Waals surface area contributed by atoms with Crippen LogP contribution in [0.2, 0.25) is 0 Å². The monoisotopic (exact) mass is 366 g/mol. The molecule has 136 valence electrons. The van der Waals surface area contributed by atoms with Gasteiger partial charge in [-0.1, -0.05) is 5.16 Å². The number of benzene rings is 2. The number of nitriles is 1. The number of carbonyl (C=O) groups excluding carboxylic acids is 1. The molecule has 0 bridgehead atoms. The predicted molar refractivity (Wildman–Crippen MR) is 93.1 cm³/mol. The van der Waals surface area contributed by atoms with Crippen LogP contribution in [0.3, 0.4) is 0 Å². The molecule has 7 heteroatoms. The molecule has 0 unspecified atom stereocenters. The molecule has 0 aliphatic rings. The molecular formula is C20H15FN2O4. The number of rotatable bonds is 6. The van der Waals surface area contributed by atoms with Gasteiger partial charge < -0.3 is 14.0 Å². The zero-order valence-electron chi connectivity index (χ0n) is 14.4. The molecule has 0 amide bonds. The molecule has 1 aromatic heterocycles. The number of esters is 1. The van der Waals surface area contributed by atoms with Crippen molar-refractivity contribution < 1.29 is 23.2 Å². The number of aromatic nitrogens is 1. The first-order valence-electron chi connectivity index (χ1n) is 8.06. The molecule has 3 rings (SSSR count). The summed E-state index contributed by atoms with van der Waals surface area (Å²) in [5, 5.41) is 12.6. The van der Waals surface area contributed by atoms with Crippen LogP contribution in [0, 0.1) is 24.1 Å². The number of carbonyl (C=O) groups is 1. The van der Waals surface area contributed by atoms with E-state index in [1.807, 2.05) is 6.07 Å². The van der Waals surface area contributed by atoms with Crippen molar-refractivity contribution in [2.75, 3.05) is 6.61 Å². The predicted octanol–water partition coefficient (Wildman–Crippen LogP) is 3.78. The maximum absolute atomic E-state index is 13.0. The van der Waals surface area contributed by atoms with Crippen LogP contribution in [0.15, 0.2) is 53.1 Å². The van der Waals surface area contributed by atoms with E-state index in [4.69, 9.17) is 19.3 Å². The van der Waals surface area contributed by atoms with Crippen LogP contribution in [-0.4, -0.2) is 17.7 Å². The number of hydrogen-bond acceptors (Lipinski definition) is 6. The van der Waals surface area contributed by atoms with Crippen molar-refractivity contribution in [1.29, 1.82) is 5.26 Å². The number of nitrogens with zero attached hydrogens (tertiary/aromatic N) is 2. The Morgan fingerprint density at radius 2 is 1.89 bits per heavy atom. The van der Waals surface area contributed by atoms with Gasteiger partial charge in [0.25, 0.3) is 0 Å². The smallest absolute Gasteiger partial charge is 0.344 e. The molecule has 0 aliphatic heterocycles. The third-order valence-electron chi connectivity index (χ3n) is 3.84. The van der Waals surface area contributed by atoms with Crippen LogP contribution in [0.1, 0.15) is 16.8 Å². The van der Waals surface area contributed by atoms with E-state index in [9.17, 15) is 9.18 Å². The van der Waals surface area contributed by atoms with Gasteiger partial charge in [-0.2, -0.15) is 5.26 Å². The fraction of sp³-hybridized carbons (Fsp3) is 0.150. The van der Waals surface area contributed by atoms with Crippen molar-refractivity contribution in [3.63, 3.8) is 0 Å². The SMILES string of the molecule is Cc1c(COC(=O)COc2ccc(C#N)cc2)noc1-c1ccc(F)cc1. The van der Waals surface area contributed by atoms with E-state index in [1.165, 1.54) is 12.1 Å². The minimum absolute atomic E-state index is 0.0634. The van der Waals surface area contributed by atoms with E-state index in [-0.39, 0.29) is 19.0 Å². The first-order valence-corrected chi connectivity index (χ1v) is 8.06. The number of ether oxygens (including phenoxy) is 2. The molecule has 0 spiro atoms. The van der Waals surface area contributed by atoms with Gasteiger partial charge in [-0.3, -0.25) is 0 Å². The lowest BCUT2D eigenvalue weighted by atomic mass is 10.1. The molecule has 0 radical (unpaired) electrons. The van der Waals surface area contributed by atoms with E-state index in [0.717, 1.165) is 0 Å². The summed E-state index contributed by atoms with van der Waals surface area (Å²) >= 11 is 0. The van der Waals surface area contributed by atoms with E-state index in [2.05, 4.69) is 5.16 Å². The topological polar surface area (TPSA) is 85.4 Å². The number of hydrogen-bond donors (Lipinski definition) is 0. The Balaban J connectivity index is 1.54. The summed E-state index contributed by atoms with van der Waals surface area (Å²) < 4.78 is 28.8. The molecule has 27 heavy (non-hydrogen) atoms. The van der Waals surface area contributed by atoms with Crippen molar-refractivity contribution in [3.8, 4) is 23.1 Å². The van der Waals surface area contributed by atoms with E-state index >= 15 is 0 Å². The Morgan fingerprint density at radius 3 is 2.56 bits per heavy atom. The second-order valence-electron chi connectivity index (χ2n) is 5.68. The summed E-state index contributed by atoms with van der Waals surface area (Å²) in [7, 11) is 0. The zero-order valence-corrected chi connectivity index (χ0v) is 14.4.